The maximum absolute atomic E-state index is 13.0. The number of ether oxygens (including phenoxy) is 2. The first-order valence-corrected chi connectivity index (χ1v) is 10.8. The number of benzene rings is 2. The molecule has 1 N–H and O–H groups in total. The Hall–Kier alpha value is -3.02. The fourth-order valence-corrected chi connectivity index (χ4v) is 3.18. The van der Waals surface area contributed by atoms with Gasteiger partial charge >= 0.3 is 0 Å². The van der Waals surface area contributed by atoms with Crippen molar-refractivity contribution in [3.63, 3.8) is 0 Å². The van der Waals surface area contributed by atoms with Crippen molar-refractivity contribution in [2.24, 2.45) is 0 Å². The number of carbonyl (C=O) groups is 2. The second kappa shape index (κ2) is 12.6. The molecule has 0 bridgehead atoms. The first-order chi connectivity index (χ1) is 15.0. The Morgan fingerprint density at radius 1 is 1.06 bits per heavy atom. The van der Waals surface area contributed by atoms with Gasteiger partial charge in [0.15, 0.2) is 0 Å². The van der Waals surface area contributed by atoms with Gasteiger partial charge < -0.3 is 19.7 Å². The molecule has 6 nitrogen and oxygen atoms in total. The molecular weight excluding hydrogens is 392 g/mol. The van der Waals surface area contributed by atoms with Crippen LogP contribution in [0.5, 0.6) is 11.5 Å². The van der Waals surface area contributed by atoms with Crippen LogP contribution in [0.25, 0.3) is 0 Å². The average molecular weight is 427 g/mol. The van der Waals surface area contributed by atoms with Crippen LogP contribution in [0.1, 0.15) is 44.2 Å². The first kappa shape index (κ1) is 24.3. The Balaban J connectivity index is 1.97. The van der Waals surface area contributed by atoms with Crippen LogP contribution in [-0.2, 0) is 16.1 Å². The summed E-state index contributed by atoms with van der Waals surface area (Å²) in [4.78, 5) is 27.3. The molecule has 0 aromatic heterocycles. The molecule has 2 aromatic rings. The largest absolute Gasteiger partial charge is 0.497 e. The van der Waals surface area contributed by atoms with E-state index in [-0.39, 0.29) is 11.8 Å². The van der Waals surface area contributed by atoms with E-state index in [1.165, 1.54) is 0 Å². The lowest BCUT2D eigenvalue weighted by molar-refractivity contribution is -0.140. The van der Waals surface area contributed by atoms with Crippen LogP contribution in [-0.4, -0.2) is 43.0 Å². The molecule has 0 aliphatic rings. The van der Waals surface area contributed by atoms with E-state index in [0.29, 0.717) is 32.5 Å². The van der Waals surface area contributed by atoms with Crippen LogP contribution in [0.15, 0.2) is 48.5 Å². The first-order valence-electron chi connectivity index (χ1n) is 10.8. The molecule has 0 unspecified atom stereocenters. The predicted octanol–water partition coefficient (Wildman–Crippen LogP) is 4.11. The zero-order valence-electron chi connectivity index (χ0n) is 19.0. The molecule has 0 radical (unpaired) electrons. The summed E-state index contributed by atoms with van der Waals surface area (Å²) in [5, 5.41) is 2.90. The summed E-state index contributed by atoms with van der Waals surface area (Å²) in [7, 11) is 1.62. The van der Waals surface area contributed by atoms with Crippen LogP contribution in [0, 0.1) is 6.92 Å². The minimum absolute atomic E-state index is 0.0549. The van der Waals surface area contributed by atoms with Gasteiger partial charge in [-0.05, 0) is 62.1 Å². The number of hydrogen-bond acceptors (Lipinski definition) is 4. The monoisotopic (exact) mass is 426 g/mol. The van der Waals surface area contributed by atoms with Crippen molar-refractivity contribution in [2.75, 3.05) is 20.3 Å². The SMILES string of the molecule is CCCNC(=O)[C@H](C)N(Cc1ccccc1C)C(=O)CCCOc1ccc(OC)cc1. The highest BCUT2D eigenvalue weighted by molar-refractivity contribution is 5.87. The van der Waals surface area contributed by atoms with E-state index in [0.717, 1.165) is 29.0 Å². The Bertz CT molecular complexity index is 836. The van der Waals surface area contributed by atoms with Gasteiger partial charge in [0.1, 0.15) is 17.5 Å². The van der Waals surface area contributed by atoms with E-state index in [9.17, 15) is 9.59 Å². The zero-order chi connectivity index (χ0) is 22.6. The van der Waals surface area contributed by atoms with Crippen molar-refractivity contribution < 1.29 is 19.1 Å². The summed E-state index contributed by atoms with van der Waals surface area (Å²) in [6.45, 7) is 7.24. The Kier molecular flexibility index (Phi) is 9.88. The average Bonchev–Trinajstić information content (AvgIpc) is 2.79. The predicted molar refractivity (Wildman–Crippen MR) is 122 cm³/mol. The molecule has 31 heavy (non-hydrogen) atoms. The van der Waals surface area contributed by atoms with E-state index < -0.39 is 6.04 Å². The van der Waals surface area contributed by atoms with Gasteiger partial charge in [0.25, 0.3) is 0 Å². The van der Waals surface area contributed by atoms with Gasteiger partial charge in [-0.15, -0.1) is 0 Å². The van der Waals surface area contributed by atoms with E-state index in [4.69, 9.17) is 9.47 Å². The summed E-state index contributed by atoms with van der Waals surface area (Å²) < 4.78 is 10.9. The van der Waals surface area contributed by atoms with E-state index in [1.54, 1.807) is 18.9 Å². The number of amides is 2. The highest BCUT2D eigenvalue weighted by atomic mass is 16.5. The molecule has 2 aromatic carbocycles. The summed E-state index contributed by atoms with van der Waals surface area (Å²) >= 11 is 0. The van der Waals surface area contributed by atoms with Gasteiger partial charge in [-0.2, -0.15) is 0 Å². The number of hydrogen-bond donors (Lipinski definition) is 1. The number of methoxy groups -OCH3 is 1. The molecule has 0 fully saturated rings. The molecule has 0 heterocycles. The summed E-state index contributed by atoms with van der Waals surface area (Å²) in [5.41, 5.74) is 2.14. The van der Waals surface area contributed by atoms with Crippen molar-refractivity contribution in [1.29, 1.82) is 0 Å². The van der Waals surface area contributed by atoms with Gasteiger partial charge in [-0.25, -0.2) is 0 Å². The zero-order valence-corrected chi connectivity index (χ0v) is 19.0. The minimum atomic E-state index is -0.541. The molecule has 0 saturated carbocycles. The van der Waals surface area contributed by atoms with Crippen molar-refractivity contribution in [3.05, 3.63) is 59.7 Å². The molecule has 0 saturated heterocycles. The molecule has 2 amide bonds. The van der Waals surface area contributed by atoms with Crippen molar-refractivity contribution in [3.8, 4) is 11.5 Å². The number of rotatable bonds is 12. The molecule has 0 spiro atoms. The van der Waals surface area contributed by atoms with Crippen molar-refractivity contribution in [1.82, 2.24) is 10.2 Å². The van der Waals surface area contributed by atoms with E-state index in [2.05, 4.69) is 5.32 Å². The lowest BCUT2D eigenvalue weighted by Crippen LogP contribution is -2.47. The summed E-state index contributed by atoms with van der Waals surface area (Å²) in [6, 6.07) is 14.7. The Morgan fingerprint density at radius 2 is 1.74 bits per heavy atom. The highest BCUT2D eigenvalue weighted by Gasteiger charge is 2.26. The van der Waals surface area contributed by atoms with Crippen LogP contribution < -0.4 is 14.8 Å². The number of carbonyl (C=O) groups excluding carboxylic acids is 2. The second-order valence-corrected chi connectivity index (χ2v) is 7.54. The molecule has 0 aliphatic carbocycles. The standard InChI is InChI=1S/C25H34N2O4/c1-5-16-26-25(29)20(3)27(18-21-10-7-6-9-19(21)2)24(28)11-8-17-31-23-14-12-22(30-4)13-15-23/h6-7,9-10,12-15,20H,5,8,11,16-18H2,1-4H3,(H,26,29)/t20-/m0/s1. The van der Waals surface area contributed by atoms with Gasteiger partial charge in [-0.1, -0.05) is 31.2 Å². The third kappa shape index (κ3) is 7.63. The Morgan fingerprint density at radius 3 is 2.39 bits per heavy atom. The number of aryl methyl sites for hydroxylation is 1. The van der Waals surface area contributed by atoms with Gasteiger partial charge in [0.2, 0.25) is 11.8 Å². The number of nitrogens with one attached hydrogen (secondary N) is 1. The van der Waals surface area contributed by atoms with Crippen molar-refractivity contribution >= 4 is 11.8 Å². The molecule has 1 atom stereocenters. The molecular formula is C25H34N2O4. The van der Waals surface area contributed by atoms with Crippen LogP contribution >= 0.6 is 0 Å². The lowest BCUT2D eigenvalue weighted by Gasteiger charge is -2.29. The number of nitrogens with zero attached hydrogens (tertiary/aromatic N) is 1. The molecule has 168 valence electrons. The highest BCUT2D eigenvalue weighted by Crippen LogP contribution is 2.18. The fourth-order valence-electron chi connectivity index (χ4n) is 3.18. The second-order valence-electron chi connectivity index (χ2n) is 7.54. The van der Waals surface area contributed by atoms with Gasteiger partial charge in [0, 0.05) is 19.5 Å². The van der Waals surface area contributed by atoms with E-state index >= 15 is 0 Å². The Labute approximate surface area is 185 Å². The topological polar surface area (TPSA) is 67.9 Å². The molecule has 6 heteroatoms. The van der Waals surface area contributed by atoms with Crippen LogP contribution in [0.2, 0.25) is 0 Å². The third-order valence-electron chi connectivity index (χ3n) is 5.18. The third-order valence-corrected chi connectivity index (χ3v) is 5.18. The molecule has 2 rings (SSSR count). The van der Waals surface area contributed by atoms with Crippen molar-refractivity contribution in [2.45, 2.75) is 52.6 Å². The normalized spacial score (nSPS) is 11.5. The fraction of sp³-hybridized carbons (Fsp3) is 0.440. The van der Waals surface area contributed by atoms with Crippen LogP contribution in [0.4, 0.5) is 0 Å². The van der Waals surface area contributed by atoms with Gasteiger partial charge in [-0.3, -0.25) is 9.59 Å². The van der Waals surface area contributed by atoms with Crippen LogP contribution in [0.3, 0.4) is 0 Å². The van der Waals surface area contributed by atoms with Gasteiger partial charge in [0.05, 0.1) is 13.7 Å². The minimum Gasteiger partial charge on any atom is -0.497 e. The lowest BCUT2D eigenvalue weighted by atomic mass is 10.1. The molecule has 0 aliphatic heterocycles. The smallest absolute Gasteiger partial charge is 0.242 e. The summed E-state index contributed by atoms with van der Waals surface area (Å²) in [5.74, 6) is 1.32. The summed E-state index contributed by atoms with van der Waals surface area (Å²) in [6.07, 6.45) is 1.73. The quantitative estimate of drug-likeness (QED) is 0.519. The van der Waals surface area contributed by atoms with E-state index in [1.807, 2.05) is 62.4 Å². The maximum Gasteiger partial charge on any atom is 0.242 e. The maximum atomic E-state index is 13.0.